The van der Waals surface area contributed by atoms with Gasteiger partial charge in [0, 0.05) is 6.42 Å². The smallest absolute Gasteiger partial charge is 0.294 e. The zero-order valence-corrected chi connectivity index (χ0v) is 8.46. The normalized spacial score (nSPS) is 22.9. The molecule has 1 aliphatic carbocycles. The van der Waals surface area contributed by atoms with Crippen LogP contribution in [0.5, 0.6) is 0 Å². The summed E-state index contributed by atoms with van der Waals surface area (Å²) >= 11 is 0. The summed E-state index contributed by atoms with van der Waals surface area (Å²) in [7, 11) is 0. The quantitative estimate of drug-likeness (QED) is 0.594. The Morgan fingerprint density at radius 2 is 1.71 bits per heavy atom. The van der Waals surface area contributed by atoms with E-state index in [1.165, 1.54) is 6.92 Å². The molecule has 1 aliphatic rings. The van der Waals surface area contributed by atoms with Crippen LogP contribution in [0.1, 0.15) is 33.6 Å². The number of hydrogen-bond acceptors (Lipinski definition) is 1. The molecule has 0 aromatic rings. The molecule has 0 aliphatic heterocycles. The Morgan fingerprint density at radius 1 is 1.21 bits per heavy atom. The van der Waals surface area contributed by atoms with Gasteiger partial charge in [-0.05, 0) is 18.8 Å². The predicted octanol–water partition coefficient (Wildman–Crippen LogP) is 3.25. The third-order valence-electron chi connectivity index (χ3n) is 2.37. The fourth-order valence-electron chi connectivity index (χ4n) is 2.03. The van der Waals surface area contributed by atoms with E-state index in [1.54, 1.807) is 0 Å². The van der Waals surface area contributed by atoms with Crippen molar-refractivity contribution in [3.8, 4) is 0 Å². The van der Waals surface area contributed by atoms with Crippen molar-refractivity contribution < 1.29 is 18.0 Å². The zero-order chi connectivity index (χ0) is 11.1. The van der Waals surface area contributed by atoms with Crippen molar-refractivity contribution in [3.63, 3.8) is 0 Å². The van der Waals surface area contributed by atoms with Gasteiger partial charge in [-0.1, -0.05) is 19.4 Å². The van der Waals surface area contributed by atoms with Crippen molar-refractivity contribution in [2.75, 3.05) is 0 Å². The monoisotopic (exact) mass is 206 g/mol. The number of Topliss-reactive ketones (excluding diaryl/α,β-unsaturated/α-hetero) is 1. The van der Waals surface area contributed by atoms with Gasteiger partial charge < -0.3 is 0 Å². The highest BCUT2D eigenvalue weighted by Gasteiger charge is 2.44. The van der Waals surface area contributed by atoms with E-state index in [-0.39, 0.29) is 17.4 Å². The average molecular weight is 206 g/mol. The van der Waals surface area contributed by atoms with Crippen molar-refractivity contribution in [2.24, 2.45) is 5.41 Å². The summed E-state index contributed by atoms with van der Waals surface area (Å²) in [5.41, 5.74) is -1.11. The first-order valence-electron chi connectivity index (χ1n) is 4.44. The summed E-state index contributed by atoms with van der Waals surface area (Å²) in [5, 5.41) is 0. The van der Waals surface area contributed by atoms with Crippen molar-refractivity contribution in [1.82, 2.24) is 0 Å². The Bertz CT molecular complexity index is 297. The maximum atomic E-state index is 12.4. The second-order valence-corrected chi connectivity index (χ2v) is 4.59. The molecule has 1 rings (SSSR count). The number of rotatable bonds is 0. The van der Waals surface area contributed by atoms with Gasteiger partial charge in [0.25, 0.3) is 0 Å². The first kappa shape index (κ1) is 11.3. The SMILES string of the molecule is CC1=C(C(F)(F)F)C(=O)CC(C)(C)C1. The summed E-state index contributed by atoms with van der Waals surface area (Å²) in [4.78, 5) is 11.3. The van der Waals surface area contributed by atoms with Gasteiger partial charge in [-0.2, -0.15) is 13.2 Å². The molecular formula is C10H13F3O. The molecule has 0 amide bonds. The number of allylic oxidation sites excluding steroid dienone is 2. The number of alkyl halides is 3. The lowest BCUT2D eigenvalue weighted by Gasteiger charge is -2.31. The van der Waals surface area contributed by atoms with Gasteiger partial charge in [0.1, 0.15) is 0 Å². The lowest BCUT2D eigenvalue weighted by atomic mass is 9.74. The van der Waals surface area contributed by atoms with Crippen LogP contribution in [0.15, 0.2) is 11.1 Å². The molecule has 14 heavy (non-hydrogen) atoms. The third kappa shape index (κ3) is 2.16. The van der Waals surface area contributed by atoms with Gasteiger partial charge in [0.2, 0.25) is 0 Å². The molecule has 0 bridgehead atoms. The van der Waals surface area contributed by atoms with Crippen LogP contribution in [0.4, 0.5) is 13.2 Å². The van der Waals surface area contributed by atoms with E-state index in [1.807, 2.05) is 13.8 Å². The van der Waals surface area contributed by atoms with Crippen LogP contribution < -0.4 is 0 Å². The standard InChI is InChI=1S/C10H13F3O/c1-6-4-9(2,3)5-7(14)8(6)10(11,12)13/h4-5H2,1-3H3. The van der Waals surface area contributed by atoms with Gasteiger partial charge in [-0.15, -0.1) is 0 Å². The molecule has 0 atom stereocenters. The Morgan fingerprint density at radius 3 is 2.07 bits per heavy atom. The first-order chi connectivity index (χ1) is 6.13. The molecule has 4 heteroatoms. The highest BCUT2D eigenvalue weighted by atomic mass is 19.4. The van der Waals surface area contributed by atoms with E-state index in [0.717, 1.165) is 0 Å². The maximum Gasteiger partial charge on any atom is 0.419 e. The molecule has 80 valence electrons. The van der Waals surface area contributed by atoms with E-state index in [9.17, 15) is 18.0 Å². The minimum Gasteiger partial charge on any atom is -0.294 e. The van der Waals surface area contributed by atoms with Gasteiger partial charge in [0.15, 0.2) is 5.78 Å². The van der Waals surface area contributed by atoms with Crippen molar-refractivity contribution in [3.05, 3.63) is 11.1 Å². The summed E-state index contributed by atoms with van der Waals surface area (Å²) < 4.78 is 37.2. The molecule has 0 fully saturated rings. The number of ketones is 1. The van der Waals surface area contributed by atoms with E-state index in [0.29, 0.717) is 6.42 Å². The molecule has 0 saturated heterocycles. The summed E-state index contributed by atoms with van der Waals surface area (Å²) in [6, 6.07) is 0. The third-order valence-corrected chi connectivity index (χ3v) is 2.37. The first-order valence-corrected chi connectivity index (χ1v) is 4.44. The van der Waals surface area contributed by atoms with Crippen molar-refractivity contribution in [1.29, 1.82) is 0 Å². The summed E-state index contributed by atoms with van der Waals surface area (Å²) in [6.45, 7) is 5.00. The number of halogens is 3. The van der Waals surface area contributed by atoms with E-state index in [2.05, 4.69) is 0 Å². The minimum absolute atomic E-state index is 0.0147. The molecule has 0 aromatic heterocycles. The number of carbonyl (C=O) groups excluding carboxylic acids is 1. The Balaban J connectivity index is 3.12. The van der Waals surface area contributed by atoms with Crippen LogP contribution in [0.3, 0.4) is 0 Å². The number of hydrogen-bond donors (Lipinski definition) is 0. The van der Waals surface area contributed by atoms with Crippen LogP contribution >= 0.6 is 0 Å². The zero-order valence-electron chi connectivity index (χ0n) is 8.46. The molecule has 0 N–H and O–H groups in total. The Hall–Kier alpha value is -0.800. The highest BCUT2D eigenvalue weighted by Crippen LogP contribution is 2.42. The van der Waals surface area contributed by atoms with E-state index < -0.39 is 17.5 Å². The second kappa shape index (κ2) is 3.11. The molecule has 0 aromatic carbocycles. The van der Waals surface area contributed by atoms with Crippen LogP contribution in [0.25, 0.3) is 0 Å². The fraction of sp³-hybridized carbons (Fsp3) is 0.700. The summed E-state index contributed by atoms with van der Waals surface area (Å²) in [5.74, 6) is -0.772. The molecule has 0 saturated carbocycles. The predicted molar refractivity (Wildman–Crippen MR) is 46.8 cm³/mol. The highest BCUT2D eigenvalue weighted by molar-refractivity contribution is 5.98. The maximum absolute atomic E-state index is 12.4. The van der Waals surface area contributed by atoms with Gasteiger partial charge in [-0.25, -0.2) is 0 Å². The average Bonchev–Trinajstić information content (AvgIpc) is 1.75. The molecule has 1 nitrogen and oxygen atoms in total. The van der Waals surface area contributed by atoms with Crippen LogP contribution in [-0.4, -0.2) is 12.0 Å². The molecule has 0 radical (unpaired) electrons. The molecule has 0 heterocycles. The van der Waals surface area contributed by atoms with Gasteiger partial charge >= 0.3 is 6.18 Å². The van der Waals surface area contributed by atoms with Gasteiger partial charge in [0.05, 0.1) is 5.57 Å². The summed E-state index contributed by atoms with van der Waals surface area (Å²) in [6.07, 6.45) is -4.16. The number of carbonyl (C=O) groups is 1. The lowest BCUT2D eigenvalue weighted by molar-refractivity contribution is -0.132. The largest absolute Gasteiger partial charge is 0.419 e. The van der Waals surface area contributed by atoms with Gasteiger partial charge in [-0.3, -0.25) is 4.79 Å². The van der Waals surface area contributed by atoms with Crippen molar-refractivity contribution >= 4 is 5.78 Å². The Labute approximate surface area is 81.0 Å². The van der Waals surface area contributed by atoms with E-state index in [4.69, 9.17) is 0 Å². The fourth-order valence-corrected chi connectivity index (χ4v) is 2.03. The lowest BCUT2D eigenvalue weighted by Crippen LogP contribution is -2.31. The van der Waals surface area contributed by atoms with Crippen LogP contribution in [-0.2, 0) is 4.79 Å². The van der Waals surface area contributed by atoms with E-state index >= 15 is 0 Å². The Kier molecular flexibility index (Phi) is 2.50. The van der Waals surface area contributed by atoms with Crippen LogP contribution in [0, 0.1) is 5.41 Å². The van der Waals surface area contributed by atoms with Crippen molar-refractivity contribution in [2.45, 2.75) is 39.8 Å². The molecule has 0 unspecified atom stereocenters. The topological polar surface area (TPSA) is 17.1 Å². The second-order valence-electron chi connectivity index (χ2n) is 4.59. The molecule has 0 spiro atoms. The van der Waals surface area contributed by atoms with Crippen LogP contribution in [0.2, 0.25) is 0 Å². The minimum atomic E-state index is -4.49. The molecular weight excluding hydrogens is 193 g/mol.